The van der Waals surface area contributed by atoms with Gasteiger partial charge in [0, 0.05) is 4.47 Å². The summed E-state index contributed by atoms with van der Waals surface area (Å²) >= 11 is 3.04. The lowest BCUT2D eigenvalue weighted by molar-refractivity contribution is -0.140. The van der Waals surface area contributed by atoms with Crippen molar-refractivity contribution in [3.05, 3.63) is 69.2 Å². The maximum atomic E-state index is 13.5. The molecule has 0 amide bonds. The van der Waals surface area contributed by atoms with E-state index in [4.69, 9.17) is 0 Å². The first-order valence-corrected chi connectivity index (χ1v) is 6.49. The molecule has 0 saturated heterocycles. The van der Waals surface area contributed by atoms with Crippen LogP contribution < -0.4 is 0 Å². The molecule has 0 fully saturated rings. The summed E-state index contributed by atoms with van der Waals surface area (Å²) in [4.78, 5) is 0. The Kier molecular flexibility index (Phi) is 4.34. The minimum Gasteiger partial charge on any atom is -0.384 e. The lowest BCUT2D eigenvalue weighted by Gasteiger charge is -2.15. The molecule has 0 aliphatic heterocycles. The third kappa shape index (κ3) is 3.41. The zero-order valence-corrected chi connectivity index (χ0v) is 11.8. The number of alkyl halides is 3. The molecule has 0 bridgehead atoms. The van der Waals surface area contributed by atoms with Crippen LogP contribution in [0.3, 0.4) is 0 Å². The highest BCUT2D eigenvalue weighted by Crippen LogP contribution is 2.34. The molecule has 7 heteroatoms. The summed E-state index contributed by atoms with van der Waals surface area (Å²) in [5.41, 5.74) is -1.25. The Balaban J connectivity index is 2.40. The maximum absolute atomic E-state index is 13.5. The lowest BCUT2D eigenvalue weighted by atomic mass is 10.00. The number of hydrogen-bond donors (Lipinski definition) is 1. The van der Waals surface area contributed by atoms with Crippen LogP contribution in [0.2, 0.25) is 0 Å². The van der Waals surface area contributed by atoms with E-state index in [1.807, 2.05) is 0 Å². The molecule has 1 unspecified atom stereocenters. The molecule has 21 heavy (non-hydrogen) atoms. The van der Waals surface area contributed by atoms with E-state index in [1.54, 1.807) is 0 Å². The third-order valence-electron chi connectivity index (χ3n) is 2.87. The van der Waals surface area contributed by atoms with Crippen LogP contribution in [0.25, 0.3) is 0 Å². The van der Waals surface area contributed by atoms with Gasteiger partial charge >= 0.3 is 6.18 Å². The molecule has 0 spiro atoms. The molecular formula is C14H8BrF5O. The van der Waals surface area contributed by atoms with E-state index in [9.17, 15) is 27.1 Å². The topological polar surface area (TPSA) is 20.2 Å². The number of hydrogen-bond acceptors (Lipinski definition) is 1. The van der Waals surface area contributed by atoms with Gasteiger partial charge in [-0.2, -0.15) is 13.2 Å². The van der Waals surface area contributed by atoms with Crippen molar-refractivity contribution >= 4 is 15.9 Å². The van der Waals surface area contributed by atoms with Crippen molar-refractivity contribution < 1.29 is 27.1 Å². The standard InChI is InChI=1S/C14H8BrF5O/c15-11-6-8(16)2-3-9(11)13(21)7-1-4-10(12(17)5-7)14(18,19)20/h1-6,13,21H. The number of rotatable bonds is 2. The summed E-state index contributed by atoms with van der Waals surface area (Å²) in [5.74, 6) is -2.02. The fraction of sp³-hybridized carbons (Fsp3) is 0.143. The summed E-state index contributed by atoms with van der Waals surface area (Å²) in [6.07, 6.45) is -6.18. The van der Waals surface area contributed by atoms with Crippen LogP contribution in [0.4, 0.5) is 22.0 Å². The minimum atomic E-state index is -4.80. The van der Waals surface area contributed by atoms with Gasteiger partial charge in [-0.15, -0.1) is 0 Å². The first-order valence-electron chi connectivity index (χ1n) is 5.70. The zero-order chi connectivity index (χ0) is 15.8. The number of aliphatic hydroxyl groups excluding tert-OH is 1. The van der Waals surface area contributed by atoms with E-state index in [1.165, 1.54) is 6.07 Å². The smallest absolute Gasteiger partial charge is 0.384 e. The predicted octanol–water partition coefficient (Wildman–Crippen LogP) is 4.83. The highest BCUT2D eigenvalue weighted by Gasteiger charge is 2.34. The van der Waals surface area contributed by atoms with Gasteiger partial charge in [0.15, 0.2) is 0 Å². The Labute approximate surface area is 125 Å². The molecule has 1 N–H and O–H groups in total. The average Bonchev–Trinajstić information content (AvgIpc) is 2.36. The van der Waals surface area contributed by atoms with Crippen molar-refractivity contribution in [1.82, 2.24) is 0 Å². The van der Waals surface area contributed by atoms with Gasteiger partial charge in [-0.25, -0.2) is 8.78 Å². The van der Waals surface area contributed by atoms with Crippen molar-refractivity contribution in [3.8, 4) is 0 Å². The molecule has 112 valence electrons. The van der Waals surface area contributed by atoms with Crippen LogP contribution >= 0.6 is 15.9 Å². The second-order valence-electron chi connectivity index (χ2n) is 4.31. The third-order valence-corrected chi connectivity index (χ3v) is 3.56. The van der Waals surface area contributed by atoms with E-state index in [0.717, 1.165) is 18.2 Å². The Morgan fingerprint density at radius 3 is 2.19 bits per heavy atom. The van der Waals surface area contributed by atoms with Gasteiger partial charge in [0.25, 0.3) is 0 Å². The van der Waals surface area contributed by atoms with Gasteiger partial charge in [0.05, 0.1) is 5.56 Å². The molecule has 2 aromatic carbocycles. The van der Waals surface area contributed by atoms with Gasteiger partial charge in [-0.1, -0.05) is 28.1 Å². The fourth-order valence-corrected chi connectivity index (χ4v) is 2.40. The Hall–Kier alpha value is -1.47. The van der Waals surface area contributed by atoms with Gasteiger partial charge in [0.1, 0.15) is 17.7 Å². The normalized spacial score (nSPS) is 13.3. The molecule has 2 rings (SSSR count). The molecule has 0 saturated carbocycles. The van der Waals surface area contributed by atoms with Crippen LogP contribution in [-0.4, -0.2) is 5.11 Å². The summed E-state index contributed by atoms with van der Waals surface area (Å²) in [7, 11) is 0. The van der Waals surface area contributed by atoms with Gasteiger partial charge in [-0.05, 0) is 35.4 Å². The summed E-state index contributed by atoms with van der Waals surface area (Å²) in [6, 6.07) is 5.60. The van der Waals surface area contributed by atoms with Crippen LogP contribution in [0.5, 0.6) is 0 Å². The molecular weight excluding hydrogens is 359 g/mol. The molecule has 0 aliphatic carbocycles. The summed E-state index contributed by atoms with van der Waals surface area (Å²) < 4.78 is 64.1. The summed E-state index contributed by atoms with van der Waals surface area (Å²) in [5, 5.41) is 10.1. The Bertz CT molecular complexity index is 669. The molecule has 1 atom stereocenters. The highest BCUT2D eigenvalue weighted by atomic mass is 79.9. The van der Waals surface area contributed by atoms with Gasteiger partial charge < -0.3 is 5.11 Å². The quantitative estimate of drug-likeness (QED) is 0.755. The first kappa shape index (κ1) is 15.9. The summed E-state index contributed by atoms with van der Waals surface area (Å²) in [6.45, 7) is 0. The van der Waals surface area contributed by atoms with E-state index >= 15 is 0 Å². The second kappa shape index (κ2) is 5.73. The largest absolute Gasteiger partial charge is 0.419 e. The van der Waals surface area contributed by atoms with E-state index in [0.29, 0.717) is 12.1 Å². The second-order valence-corrected chi connectivity index (χ2v) is 5.16. The molecule has 0 aliphatic rings. The number of benzene rings is 2. The van der Waals surface area contributed by atoms with E-state index in [2.05, 4.69) is 15.9 Å². The molecule has 1 nitrogen and oxygen atoms in total. The molecule has 0 heterocycles. The van der Waals surface area contributed by atoms with E-state index < -0.39 is 29.5 Å². The average molecular weight is 367 g/mol. The monoisotopic (exact) mass is 366 g/mol. The lowest BCUT2D eigenvalue weighted by Crippen LogP contribution is -2.09. The maximum Gasteiger partial charge on any atom is 0.419 e. The Morgan fingerprint density at radius 2 is 1.67 bits per heavy atom. The van der Waals surface area contributed by atoms with Crippen LogP contribution in [0.1, 0.15) is 22.8 Å². The molecule has 2 aromatic rings. The molecule has 0 aromatic heterocycles. The van der Waals surface area contributed by atoms with Gasteiger partial charge in [-0.3, -0.25) is 0 Å². The number of aliphatic hydroxyl groups is 1. The first-order chi connectivity index (χ1) is 9.70. The SMILES string of the molecule is OC(c1ccc(C(F)(F)F)c(F)c1)c1ccc(F)cc1Br. The fourth-order valence-electron chi connectivity index (χ4n) is 1.83. The minimum absolute atomic E-state index is 0.0622. The predicted molar refractivity (Wildman–Crippen MR) is 69.6 cm³/mol. The van der Waals surface area contributed by atoms with E-state index in [-0.39, 0.29) is 15.6 Å². The highest BCUT2D eigenvalue weighted by molar-refractivity contribution is 9.10. The van der Waals surface area contributed by atoms with Crippen molar-refractivity contribution in [2.75, 3.05) is 0 Å². The van der Waals surface area contributed by atoms with Gasteiger partial charge in [0.2, 0.25) is 0 Å². The van der Waals surface area contributed by atoms with Crippen molar-refractivity contribution in [3.63, 3.8) is 0 Å². The molecule has 0 radical (unpaired) electrons. The van der Waals surface area contributed by atoms with Crippen molar-refractivity contribution in [2.24, 2.45) is 0 Å². The zero-order valence-electron chi connectivity index (χ0n) is 10.3. The van der Waals surface area contributed by atoms with Crippen LogP contribution in [0.15, 0.2) is 40.9 Å². The Morgan fingerprint density at radius 1 is 1.00 bits per heavy atom. The van der Waals surface area contributed by atoms with Crippen LogP contribution in [0, 0.1) is 11.6 Å². The van der Waals surface area contributed by atoms with Crippen molar-refractivity contribution in [1.29, 1.82) is 0 Å². The van der Waals surface area contributed by atoms with Crippen molar-refractivity contribution in [2.45, 2.75) is 12.3 Å². The number of halogens is 6. The van der Waals surface area contributed by atoms with Crippen LogP contribution in [-0.2, 0) is 6.18 Å².